The van der Waals surface area contributed by atoms with E-state index in [-0.39, 0.29) is 23.4 Å². The van der Waals surface area contributed by atoms with E-state index in [0.29, 0.717) is 19.3 Å². The third kappa shape index (κ3) is 3.39. The molecule has 1 heterocycles. The zero-order valence-electron chi connectivity index (χ0n) is 16.5. The van der Waals surface area contributed by atoms with Crippen molar-refractivity contribution in [1.82, 2.24) is 0 Å². The first-order chi connectivity index (χ1) is 12.1. The number of rotatable bonds is 1. The topological polar surface area (TPSA) is 59.7 Å². The van der Waals surface area contributed by atoms with E-state index in [2.05, 4.69) is 32.1 Å². The maximum Gasteiger partial charge on any atom is 0.302 e. The average Bonchev–Trinajstić information content (AvgIpc) is 2.87. The second kappa shape index (κ2) is 6.73. The molecule has 2 aliphatic carbocycles. The van der Waals surface area contributed by atoms with Crippen molar-refractivity contribution in [1.29, 1.82) is 0 Å². The minimum absolute atomic E-state index is 0.0420. The van der Waals surface area contributed by atoms with Crippen molar-refractivity contribution >= 4 is 12.0 Å². The van der Waals surface area contributed by atoms with E-state index < -0.39 is 5.60 Å². The molecule has 2 aliphatic rings. The highest BCUT2D eigenvalue weighted by atomic mass is 16.5. The number of furan rings is 1. The van der Waals surface area contributed by atoms with Crippen molar-refractivity contribution in [3.05, 3.63) is 40.9 Å². The first-order valence-corrected chi connectivity index (χ1v) is 9.45. The lowest BCUT2D eigenvalue weighted by atomic mass is 9.56. The van der Waals surface area contributed by atoms with Crippen LogP contribution in [-0.4, -0.2) is 22.8 Å². The van der Waals surface area contributed by atoms with E-state index in [9.17, 15) is 9.90 Å². The number of ether oxygens (including phenoxy) is 1. The van der Waals surface area contributed by atoms with E-state index >= 15 is 0 Å². The quantitative estimate of drug-likeness (QED) is 0.746. The van der Waals surface area contributed by atoms with E-state index in [4.69, 9.17) is 9.15 Å². The number of allylic oxidation sites excluding steroid dienone is 3. The fourth-order valence-corrected chi connectivity index (χ4v) is 4.81. The van der Waals surface area contributed by atoms with Gasteiger partial charge in [0.25, 0.3) is 0 Å². The van der Waals surface area contributed by atoms with E-state index in [0.717, 1.165) is 28.9 Å². The second-order valence-corrected chi connectivity index (χ2v) is 8.51. The van der Waals surface area contributed by atoms with Crippen LogP contribution in [0, 0.1) is 18.3 Å². The molecular formula is C22H30O4. The van der Waals surface area contributed by atoms with Crippen LogP contribution in [0.1, 0.15) is 63.8 Å². The molecule has 1 aromatic heterocycles. The zero-order valence-corrected chi connectivity index (χ0v) is 16.5. The van der Waals surface area contributed by atoms with E-state index in [1.165, 1.54) is 6.92 Å². The summed E-state index contributed by atoms with van der Waals surface area (Å²) in [6.07, 6.45) is 10.6. The Kier molecular flexibility index (Phi) is 4.91. The van der Waals surface area contributed by atoms with Gasteiger partial charge in [-0.2, -0.15) is 0 Å². The van der Waals surface area contributed by atoms with Gasteiger partial charge in [0.1, 0.15) is 11.9 Å². The Balaban J connectivity index is 2.12. The maximum absolute atomic E-state index is 11.7. The highest BCUT2D eigenvalue weighted by molar-refractivity contribution is 5.66. The molecule has 0 aliphatic heterocycles. The molecule has 0 amide bonds. The number of hydrogen-bond acceptors (Lipinski definition) is 4. The van der Waals surface area contributed by atoms with Crippen LogP contribution in [0.3, 0.4) is 0 Å². The Morgan fingerprint density at radius 1 is 1.35 bits per heavy atom. The lowest BCUT2D eigenvalue weighted by Gasteiger charge is -2.53. The van der Waals surface area contributed by atoms with Crippen molar-refractivity contribution in [2.24, 2.45) is 11.3 Å². The van der Waals surface area contributed by atoms with Gasteiger partial charge in [0, 0.05) is 23.8 Å². The monoisotopic (exact) mass is 358 g/mol. The summed E-state index contributed by atoms with van der Waals surface area (Å²) in [5.41, 5.74) is 2.19. The highest BCUT2D eigenvalue weighted by Crippen LogP contribution is 2.52. The minimum atomic E-state index is -0.821. The van der Waals surface area contributed by atoms with Crippen molar-refractivity contribution in [2.75, 3.05) is 0 Å². The molecule has 1 saturated carbocycles. The fraction of sp³-hybridized carbons (Fsp3) is 0.591. The van der Waals surface area contributed by atoms with Crippen LogP contribution in [-0.2, 0) is 16.0 Å². The van der Waals surface area contributed by atoms with Crippen LogP contribution in [0.2, 0.25) is 0 Å². The molecule has 0 spiro atoms. The Morgan fingerprint density at radius 3 is 2.77 bits per heavy atom. The molecule has 0 radical (unpaired) electrons. The second-order valence-electron chi connectivity index (χ2n) is 8.51. The van der Waals surface area contributed by atoms with Crippen molar-refractivity contribution < 1.29 is 19.1 Å². The van der Waals surface area contributed by atoms with Gasteiger partial charge in [0.2, 0.25) is 0 Å². The molecule has 0 unspecified atom stereocenters. The summed E-state index contributed by atoms with van der Waals surface area (Å²) >= 11 is 0. The molecule has 1 N–H and O–H groups in total. The van der Waals surface area contributed by atoms with Crippen molar-refractivity contribution in [3.8, 4) is 0 Å². The summed E-state index contributed by atoms with van der Waals surface area (Å²) in [6, 6.07) is 0. The summed E-state index contributed by atoms with van der Waals surface area (Å²) in [5.74, 6) is 0.563. The zero-order chi connectivity index (χ0) is 19.1. The molecule has 1 fully saturated rings. The van der Waals surface area contributed by atoms with Gasteiger partial charge in [0.05, 0.1) is 11.9 Å². The van der Waals surface area contributed by atoms with Crippen LogP contribution in [0.15, 0.2) is 28.4 Å². The molecule has 4 atom stereocenters. The predicted octanol–water partition coefficient (Wildman–Crippen LogP) is 4.59. The molecular weight excluding hydrogens is 328 g/mol. The van der Waals surface area contributed by atoms with Crippen molar-refractivity contribution in [2.45, 2.75) is 72.0 Å². The normalized spacial score (nSPS) is 37.7. The number of fused-ring (bicyclic) bond motifs is 2. The Bertz CT molecular complexity index is 752. The first-order valence-electron chi connectivity index (χ1n) is 9.45. The maximum atomic E-state index is 11.7. The first kappa shape index (κ1) is 19.0. The van der Waals surface area contributed by atoms with Gasteiger partial charge in [-0.25, -0.2) is 0 Å². The number of aliphatic hydroxyl groups is 1. The molecule has 0 aromatic carbocycles. The number of hydrogen-bond donors (Lipinski definition) is 1. The molecule has 0 bridgehead atoms. The molecule has 142 valence electrons. The van der Waals surface area contributed by atoms with Gasteiger partial charge in [0.15, 0.2) is 0 Å². The van der Waals surface area contributed by atoms with Gasteiger partial charge in [-0.1, -0.05) is 19.1 Å². The van der Waals surface area contributed by atoms with Crippen LogP contribution in [0.25, 0.3) is 6.08 Å². The molecule has 4 heteroatoms. The Hall–Kier alpha value is -1.81. The predicted molar refractivity (Wildman–Crippen MR) is 102 cm³/mol. The van der Waals surface area contributed by atoms with Gasteiger partial charge >= 0.3 is 5.97 Å². The molecule has 0 saturated heterocycles. The molecule has 1 aromatic rings. The van der Waals surface area contributed by atoms with Crippen molar-refractivity contribution in [3.63, 3.8) is 0 Å². The third-order valence-corrected chi connectivity index (χ3v) is 6.34. The summed E-state index contributed by atoms with van der Waals surface area (Å²) in [5, 5.41) is 11.3. The van der Waals surface area contributed by atoms with Gasteiger partial charge in [-0.05, 0) is 63.7 Å². The standard InChI is InChI=1S/C22H30O4/c1-14-7-6-9-21(4)19(12-17-15(2)13-25-18(17)11-14)22(5,24)10-8-20(21)26-16(3)23/h6-7,11,13,19-20,24H,8-10,12H2,1-5H3/b7-6-,14-11-/t19-,20+,21-,22+/m1/s1. The number of carbonyl (C=O) groups is 1. The summed E-state index contributed by atoms with van der Waals surface area (Å²) in [6.45, 7) is 9.64. The molecule has 3 rings (SSSR count). The minimum Gasteiger partial charge on any atom is -0.464 e. The summed E-state index contributed by atoms with van der Waals surface area (Å²) < 4.78 is 11.5. The lowest BCUT2D eigenvalue weighted by molar-refractivity contribution is -0.182. The molecule has 4 nitrogen and oxygen atoms in total. The Morgan fingerprint density at radius 2 is 2.08 bits per heavy atom. The summed E-state index contributed by atoms with van der Waals surface area (Å²) in [7, 11) is 0. The largest absolute Gasteiger partial charge is 0.464 e. The van der Waals surface area contributed by atoms with Crippen LogP contribution in [0.5, 0.6) is 0 Å². The van der Waals surface area contributed by atoms with Crippen LogP contribution >= 0.6 is 0 Å². The van der Waals surface area contributed by atoms with Crippen LogP contribution in [0.4, 0.5) is 0 Å². The van der Waals surface area contributed by atoms with Gasteiger partial charge < -0.3 is 14.3 Å². The highest BCUT2D eigenvalue weighted by Gasteiger charge is 2.54. The summed E-state index contributed by atoms with van der Waals surface area (Å²) in [4.78, 5) is 11.7. The van der Waals surface area contributed by atoms with E-state index in [1.54, 1.807) is 6.26 Å². The van der Waals surface area contributed by atoms with Gasteiger partial charge in [-0.15, -0.1) is 0 Å². The van der Waals surface area contributed by atoms with E-state index in [1.807, 2.05) is 13.8 Å². The van der Waals surface area contributed by atoms with Gasteiger partial charge in [-0.3, -0.25) is 4.79 Å². The molecule has 26 heavy (non-hydrogen) atoms. The third-order valence-electron chi connectivity index (χ3n) is 6.34. The SMILES string of the molecule is CC(=O)O[C@H]1CC[C@](C)(O)[C@@H]2Cc3c(C)coc3/C=C(C)\C=C/C[C@@]12C. The Labute approximate surface area is 155 Å². The van der Waals surface area contributed by atoms with Crippen LogP contribution < -0.4 is 0 Å². The lowest BCUT2D eigenvalue weighted by Crippen LogP contribution is -2.56. The fourth-order valence-electron chi connectivity index (χ4n) is 4.81. The number of carbonyl (C=O) groups excluding carboxylic acids is 1. The smallest absolute Gasteiger partial charge is 0.302 e. The number of esters is 1. The average molecular weight is 358 g/mol. The number of aryl methyl sites for hydroxylation is 1.